The fourth-order valence-corrected chi connectivity index (χ4v) is 13.6. The maximum atomic E-state index is 9.42. The smallest absolute Gasteiger partial charge is 0.179 e. The first-order chi connectivity index (χ1) is 33.4. The minimum absolute atomic E-state index is 0.154. The Labute approximate surface area is 425 Å². The molecule has 13 nitrogen and oxygen atoms in total. The molecule has 1 aliphatic carbocycles. The van der Waals surface area contributed by atoms with Gasteiger partial charge < -0.3 is 19.8 Å². The van der Waals surface area contributed by atoms with E-state index in [-0.39, 0.29) is 18.7 Å². The van der Waals surface area contributed by atoms with Crippen LogP contribution in [0.15, 0.2) is 48.8 Å². The van der Waals surface area contributed by atoms with Crippen LogP contribution in [-0.4, -0.2) is 126 Å². The predicted molar refractivity (Wildman–Crippen MR) is 277 cm³/mol. The molecule has 1 unspecified atom stereocenters. The average molecular weight is 1010 g/mol. The minimum Gasteiger partial charge on any atom is -0.396 e. The molecule has 5 aliphatic rings. The van der Waals surface area contributed by atoms with E-state index < -0.39 is 0 Å². The first-order valence-corrected chi connectivity index (χ1v) is 26.8. The summed E-state index contributed by atoms with van der Waals surface area (Å²) in [5.74, 6) is 5.33. The van der Waals surface area contributed by atoms with Crippen molar-refractivity contribution < 1.29 is 5.11 Å². The van der Waals surface area contributed by atoms with Crippen molar-refractivity contribution in [1.29, 1.82) is 0 Å². The fraction of sp³-hybridized carbons (Fsp3) is 0.577. The van der Waals surface area contributed by atoms with E-state index in [4.69, 9.17) is 76.5 Å². The number of hydrogen-bond donors (Lipinski definition) is 1. The van der Waals surface area contributed by atoms with Crippen molar-refractivity contribution in [1.82, 2.24) is 49.3 Å². The van der Waals surface area contributed by atoms with Gasteiger partial charge in [-0.1, -0.05) is 65.5 Å². The van der Waals surface area contributed by atoms with Gasteiger partial charge in [0.2, 0.25) is 0 Å². The van der Waals surface area contributed by atoms with Gasteiger partial charge in [0.25, 0.3) is 0 Å². The van der Waals surface area contributed by atoms with Crippen LogP contribution >= 0.6 is 46.4 Å². The van der Waals surface area contributed by atoms with Gasteiger partial charge in [0.1, 0.15) is 22.7 Å². The number of aliphatic hydroxyl groups excluding tert-OH is 1. The zero-order valence-electron chi connectivity index (χ0n) is 40.2. The molecular weight excluding hydrogens is 950 g/mol. The summed E-state index contributed by atoms with van der Waals surface area (Å²) >= 11 is 26.7. The highest BCUT2D eigenvalue weighted by atomic mass is 35.5. The van der Waals surface area contributed by atoms with Crippen molar-refractivity contribution in [3.05, 3.63) is 91.4 Å². The lowest BCUT2D eigenvalue weighted by Gasteiger charge is -2.52. The minimum atomic E-state index is -0.156. The summed E-state index contributed by atoms with van der Waals surface area (Å²) in [6, 6.07) is 11.8. The molecule has 6 aromatic rings. The molecule has 0 amide bonds. The summed E-state index contributed by atoms with van der Waals surface area (Å²) in [6.07, 6.45) is 11.7. The van der Waals surface area contributed by atoms with Gasteiger partial charge in [0.15, 0.2) is 11.3 Å². The molecule has 4 aliphatic heterocycles. The lowest BCUT2D eigenvalue weighted by molar-refractivity contribution is 0.00117. The van der Waals surface area contributed by atoms with Gasteiger partial charge in [-0.3, -0.25) is 4.90 Å². The Morgan fingerprint density at radius 3 is 1.90 bits per heavy atom. The van der Waals surface area contributed by atoms with Crippen molar-refractivity contribution in [3.63, 3.8) is 0 Å². The van der Waals surface area contributed by atoms with Crippen LogP contribution in [0.5, 0.6) is 0 Å². The van der Waals surface area contributed by atoms with Crippen molar-refractivity contribution in [2.24, 2.45) is 35.5 Å². The van der Waals surface area contributed by atoms with Crippen molar-refractivity contribution in [3.8, 4) is 0 Å². The van der Waals surface area contributed by atoms with E-state index in [1.54, 1.807) is 6.07 Å². The van der Waals surface area contributed by atoms with Crippen LogP contribution in [0.2, 0.25) is 20.1 Å². The van der Waals surface area contributed by atoms with Crippen LogP contribution in [0.3, 0.4) is 0 Å². The number of anilines is 2. The van der Waals surface area contributed by atoms with Gasteiger partial charge in [-0.2, -0.15) is 10.2 Å². The second-order valence-electron chi connectivity index (χ2n) is 21.3. The molecule has 69 heavy (non-hydrogen) atoms. The maximum absolute atomic E-state index is 9.42. The van der Waals surface area contributed by atoms with E-state index >= 15 is 0 Å². The molecule has 5 fully saturated rings. The van der Waals surface area contributed by atoms with E-state index in [0.29, 0.717) is 55.7 Å². The molecule has 1 N–H and O–H groups in total. The van der Waals surface area contributed by atoms with Gasteiger partial charge in [-0.15, -0.1) is 0 Å². The molecule has 1 saturated carbocycles. The quantitative estimate of drug-likeness (QED) is 0.112. The number of likely N-dealkylation sites (tertiary alicyclic amines) is 2. The molecule has 2 aromatic carbocycles. The van der Waals surface area contributed by atoms with Crippen LogP contribution in [0.4, 0.5) is 11.6 Å². The average Bonchev–Trinajstić information content (AvgIpc) is 3.80. The van der Waals surface area contributed by atoms with Crippen LogP contribution in [0.25, 0.3) is 22.3 Å². The van der Waals surface area contributed by atoms with Crippen LogP contribution < -0.4 is 9.80 Å². The van der Waals surface area contributed by atoms with E-state index in [1.807, 2.05) is 55.2 Å². The van der Waals surface area contributed by atoms with Crippen LogP contribution in [0.1, 0.15) is 93.4 Å². The maximum Gasteiger partial charge on any atom is 0.179 e. The zero-order valence-corrected chi connectivity index (χ0v) is 43.2. The third kappa shape index (κ3) is 9.43. The van der Waals surface area contributed by atoms with E-state index in [2.05, 4.69) is 44.2 Å². The summed E-state index contributed by atoms with van der Waals surface area (Å²) < 4.78 is 4.09. The number of aliphatic hydroxyl groups is 1. The Bertz CT molecular complexity index is 2820. The standard InChI is InChI=1S/C52H64Cl4N12O/c1-30-15-41(16-30)64-23-34(17-36(25-64)38-28-66(29-38)47-21-57-49-31(2)61-67(51(49)59-47)33(4)42-10-8-39(53)19-44(42)55)18-46(43-11-9-40(54)20-45(43)56)68-52-50(32(3)62-68)58-22-48(60-52)65-26-37(27-65)35-7-5-12-63(24-35)13-6-14-69/h8-11,19-22,30,33-38,41,46,69H,5-7,12-18,23-29H2,1-4H3/t30-,33-,34?,35+,36-,41+,46-/m1/s1. The molecule has 0 spiro atoms. The van der Waals surface area contributed by atoms with Crippen LogP contribution in [0, 0.1) is 49.4 Å². The fourth-order valence-electron chi connectivity index (χ4n) is 12.5. The van der Waals surface area contributed by atoms with Gasteiger partial charge in [-0.05, 0) is 143 Å². The molecular formula is C52H64Cl4N12O. The van der Waals surface area contributed by atoms with Gasteiger partial charge in [0.05, 0.1) is 35.9 Å². The molecule has 4 saturated heterocycles. The van der Waals surface area contributed by atoms with E-state index in [9.17, 15) is 5.11 Å². The number of piperidine rings is 2. The molecule has 17 heteroatoms. The van der Waals surface area contributed by atoms with Crippen LogP contribution in [-0.2, 0) is 0 Å². The first kappa shape index (κ1) is 47.5. The Hall–Kier alpha value is -3.82. The Morgan fingerprint density at radius 1 is 0.696 bits per heavy atom. The van der Waals surface area contributed by atoms with Crippen molar-refractivity contribution in [2.75, 3.05) is 75.3 Å². The number of benzene rings is 2. The van der Waals surface area contributed by atoms with Gasteiger partial charge in [0, 0.05) is 85.1 Å². The lowest BCUT2D eigenvalue weighted by Crippen LogP contribution is -2.57. The largest absolute Gasteiger partial charge is 0.396 e. The Morgan fingerprint density at radius 2 is 1.29 bits per heavy atom. The summed E-state index contributed by atoms with van der Waals surface area (Å²) in [6.45, 7) is 18.0. The van der Waals surface area contributed by atoms with E-state index in [0.717, 1.165) is 141 Å². The summed E-state index contributed by atoms with van der Waals surface area (Å²) in [7, 11) is 0. The highest BCUT2D eigenvalue weighted by Gasteiger charge is 2.44. The number of nitrogens with zero attached hydrogens (tertiary/aromatic N) is 12. The highest BCUT2D eigenvalue weighted by molar-refractivity contribution is 6.35. The number of hydrogen-bond acceptors (Lipinski definition) is 11. The number of halogens is 4. The molecule has 8 heterocycles. The monoisotopic (exact) mass is 1010 g/mol. The Kier molecular flexibility index (Phi) is 13.5. The third-order valence-electron chi connectivity index (χ3n) is 16.5. The van der Waals surface area contributed by atoms with Crippen molar-refractivity contribution in [2.45, 2.75) is 90.8 Å². The van der Waals surface area contributed by atoms with Gasteiger partial charge >= 0.3 is 0 Å². The lowest BCUT2D eigenvalue weighted by atomic mass is 9.72. The number of aromatic nitrogens is 8. The molecule has 5 atom stereocenters. The topological polar surface area (TPSA) is 120 Å². The number of rotatable bonds is 14. The molecule has 11 rings (SSSR count). The Balaban J connectivity index is 0.837. The SMILES string of the molecule is Cc1nn([C@H](C)c2ccc(Cl)cc2Cl)c2nc(N3CC([C@@H]4CC(C[C@H](c5ccc(Cl)cc5Cl)n5nc(C)c6ncc(N7CC([C@H]8CCCN(CCCO)C8)C7)nc65)CN([C@H]5C[C@@H](C)C5)C4)C3)cnc12. The number of aryl methyl sites for hydroxylation is 2. The number of fused-ring (bicyclic) bond motifs is 2. The summed E-state index contributed by atoms with van der Waals surface area (Å²) in [5.41, 5.74) is 6.87. The zero-order chi connectivity index (χ0) is 47.7. The predicted octanol–water partition coefficient (Wildman–Crippen LogP) is 10.2. The third-order valence-corrected chi connectivity index (χ3v) is 17.6. The summed E-state index contributed by atoms with van der Waals surface area (Å²) in [4.78, 5) is 30.7. The summed E-state index contributed by atoms with van der Waals surface area (Å²) in [5, 5.41) is 22.0. The molecule has 0 radical (unpaired) electrons. The normalized spacial score (nSPS) is 25.0. The molecule has 366 valence electrons. The molecule has 4 aromatic heterocycles. The van der Waals surface area contributed by atoms with Gasteiger partial charge in [-0.25, -0.2) is 29.3 Å². The first-order valence-electron chi connectivity index (χ1n) is 25.3. The second kappa shape index (κ2) is 19.7. The second-order valence-corrected chi connectivity index (χ2v) is 23.0. The van der Waals surface area contributed by atoms with E-state index in [1.165, 1.54) is 25.7 Å². The molecule has 0 bridgehead atoms. The van der Waals surface area contributed by atoms with Crippen molar-refractivity contribution >= 4 is 80.4 Å². The highest BCUT2D eigenvalue weighted by Crippen LogP contribution is 2.44.